The number of hydrogen-bond donors (Lipinski definition) is 1. The molecule has 6 rings (SSSR count). The van der Waals surface area contributed by atoms with E-state index in [4.69, 9.17) is 0 Å². The van der Waals surface area contributed by atoms with Crippen molar-refractivity contribution in [2.75, 3.05) is 13.1 Å². The van der Waals surface area contributed by atoms with Crippen molar-refractivity contribution in [3.05, 3.63) is 72.1 Å². The van der Waals surface area contributed by atoms with E-state index in [0.717, 1.165) is 3.97 Å². The van der Waals surface area contributed by atoms with Crippen LogP contribution in [0.4, 0.5) is 0 Å². The molecule has 1 fully saturated rings. The topological polar surface area (TPSA) is 127 Å². The number of benzene rings is 1. The molecule has 1 saturated heterocycles. The third-order valence-electron chi connectivity index (χ3n) is 6.61. The van der Waals surface area contributed by atoms with E-state index in [9.17, 15) is 21.9 Å². The minimum atomic E-state index is -3.90. The van der Waals surface area contributed by atoms with Crippen molar-refractivity contribution in [3.8, 4) is 0 Å². The van der Waals surface area contributed by atoms with Crippen LogP contribution in [0.2, 0.25) is 0 Å². The molecule has 0 saturated carbocycles. The molecule has 5 aromatic rings. The number of thiophene rings is 1. The van der Waals surface area contributed by atoms with E-state index in [2.05, 4.69) is 9.97 Å². The van der Waals surface area contributed by atoms with Gasteiger partial charge in [0.2, 0.25) is 0 Å². The fraction of sp³-hybridized carbons (Fsp3) is 0.250. The first-order chi connectivity index (χ1) is 17.7. The van der Waals surface area contributed by atoms with Gasteiger partial charge in [0.05, 0.1) is 22.7 Å². The van der Waals surface area contributed by atoms with E-state index in [1.165, 1.54) is 40.2 Å². The number of aromatic nitrogens is 4. The first-order valence-electron chi connectivity index (χ1n) is 11.6. The van der Waals surface area contributed by atoms with Crippen molar-refractivity contribution in [1.29, 1.82) is 0 Å². The van der Waals surface area contributed by atoms with E-state index >= 15 is 0 Å². The molecule has 0 aliphatic carbocycles. The van der Waals surface area contributed by atoms with E-state index in [1.807, 2.05) is 4.57 Å². The molecule has 0 radical (unpaired) electrons. The van der Waals surface area contributed by atoms with E-state index in [0.29, 0.717) is 35.2 Å². The predicted octanol–water partition coefficient (Wildman–Crippen LogP) is 3.37. The molecule has 1 aliphatic heterocycles. The lowest BCUT2D eigenvalue weighted by molar-refractivity contribution is 0.182. The average molecular weight is 558 g/mol. The highest BCUT2D eigenvalue weighted by atomic mass is 32.2. The van der Waals surface area contributed by atoms with Gasteiger partial charge in [-0.25, -0.2) is 30.8 Å². The largest absolute Gasteiger partial charge is 0.385 e. The van der Waals surface area contributed by atoms with Crippen LogP contribution in [0.15, 0.2) is 75.4 Å². The van der Waals surface area contributed by atoms with Gasteiger partial charge >= 0.3 is 0 Å². The SMILES string of the molecule is CC(O)c1nc2cnc3c(ccn3S(=O)(=O)c3ccccc3)c2n1C1CCN(S(=O)(=O)c2cccs2)C1. The molecule has 0 amide bonds. The first kappa shape index (κ1) is 24.2. The normalized spacial score (nSPS) is 18.2. The lowest BCUT2D eigenvalue weighted by atomic mass is 10.2. The van der Waals surface area contributed by atoms with Gasteiger partial charge in [-0.05, 0) is 43.0 Å². The van der Waals surface area contributed by atoms with Crippen LogP contribution < -0.4 is 0 Å². The second kappa shape index (κ2) is 8.74. The maximum Gasteiger partial charge on any atom is 0.269 e. The van der Waals surface area contributed by atoms with Crippen LogP contribution in [0.1, 0.15) is 31.3 Å². The molecule has 0 bridgehead atoms. The maximum atomic E-state index is 13.4. The van der Waals surface area contributed by atoms with Crippen LogP contribution in [0.3, 0.4) is 0 Å². The van der Waals surface area contributed by atoms with Crippen molar-refractivity contribution in [3.63, 3.8) is 0 Å². The van der Waals surface area contributed by atoms with Crippen LogP contribution in [0, 0.1) is 0 Å². The molecule has 10 nitrogen and oxygen atoms in total. The third-order valence-corrected chi connectivity index (χ3v) is 11.5. The van der Waals surface area contributed by atoms with Crippen molar-refractivity contribution in [2.24, 2.45) is 0 Å². The number of nitrogens with zero attached hydrogens (tertiary/aromatic N) is 5. The first-order valence-corrected chi connectivity index (χ1v) is 15.4. The van der Waals surface area contributed by atoms with Crippen LogP contribution in [0.25, 0.3) is 22.1 Å². The molecule has 2 unspecified atom stereocenters. The number of hydrogen-bond acceptors (Lipinski definition) is 8. The van der Waals surface area contributed by atoms with Gasteiger partial charge in [-0.3, -0.25) is 0 Å². The van der Waals surface area contributed by atoms with Crippen LogP contribution in [-0.4, -0.2) is 57.8 Å². The highest BCUT2D eigenvalue weighted by Crippen LogP contribution is 2.36. The monoisotopic (exact) mass is 557 g/mol. The average Bonchev–Trinajstić information content (AvgIpc) is 3.67. The van der Waals surface area contributed by atoms with Gasteiger partial charge in [0.25, 0.3) is 20.0 Å². The summed E-state index contributed by atoms with van der Waals surface area (Å²) in [5.41, 5.74) is 1.34. The van der Waals surface area contributed by atoms with Crippen LogP contribution in [-0.2, 0) is 20.0 Å². The summed E-state index contributed by atoms with van der Waals surface area (Å²) in [6.45, 7) is 2.13. The molecule has 2 atom stereocenters. The number of rotatable bonds is 6. The second-order valence-corrected chi connectivity index (χ2v) is 13.8. The third kappa shape index (κ3) is 3.80. The number of pyridine rings is 1. The van der Waals surface area contributed by atoms with Gasteiger partial charge in [-0.15, -0.1) is 11.3 Å². The summed E-state index contributed by atoms with van der Waals surface area (Å²) in [6, 6.07) is 12.8. The fourth-order valence-electron chi connectivity index (χ4n) is 4.91. The number of fused-ring (bicyclic) bond motifs is 3. The minimum Gasteiger partial charge on any atom is -0.385 e. The Hall–Kier alpha value is -3.10. The van der Waals surface area contributed by atoms with E-state index in [1.54, 1.807) is 48.7 Å². The van der Waals surface area contributed by atoms with Crippen molar-refractivity contribution in [1.82, 2.24) is 22.8 Å². The zero-order valence-electron chi connectivity index (χ0n) is 19.7. The summed E-state index contributed by atoms with van der Waals surface area (Å²) in [6.07, 6.45) is 2.54. The van der Waals surface area contributed by atoms with Gasteiger partial charge in [0.1, 0.15) is 21.7 Å². The molecule has 0 spiro atoms. The molecule has 1 N–H and O–H groups in total. The maximum absolute atomic E-state index is 13.4. The van der Waals surface area contributed by atoms with E-state index < -0.39 is 26.2 Å². The van der Waals surface area contributed by atoms with Crippen molar-refractivity contribution < 1.29 is 21.9 Å². The van der Waals surface area contributed by atoms with Gasteiger partial charge in [-0.2, -0.15) is 4.31 Å². The summed E-state index contributed by atoms with van der Waals surface area (Å²) in [5, 5.41) is 12.8. The summed E-state index contributed by atoms with van der Waals surface area (Å²) in [5.74, 6) is 0.378. The van der Waals surface area contributed by atoms with E-state index in [-0.39, 0.29) is 27.3 Å². The molecule has 4 aromatic heterocycles. The molecule has 192 valence electrons. The Bertz CT molecular complexity index is 1830. The minimum absolute atomic E-state index is 0.137. The lowest BCUT2D eigenvalue weighted by Crippen LogP contribution is -2.29. The number of aliphatic hydroxyl groups excluding tert-OH is 1. The molecular weight excluding hydrogens is 534 g/mol. The Morgan fingerprint density at radius 3 is 2.54 bits per heavy atom. The Balaban J connectivity index is 1.49. The molecule has 1 aromatic carbocycles. The summed E-state index contributed by atoms with van der Waals surface area (Å²) in [4.78, 5) is 9.15. The summed E-state index contributed by atoms with van der Waals surface area (Å²) in [7, 11) is -7.53. The standard InChI is InChI=1S/C24H23N5O5S3/c1-16(30)23-26-20-14-25-24-19(10-12-28(24)36(31,32)18-6-3-2-4-7-18)22(20)29(23)17-9-11-27(15-17)37(33,34)21-8-5-13-35-21/h2-8,10,12-14,16-17,30H,9,11,15H2,1H3. The predicted molar refractivity (Wildman–Crippen MR) is 139 cm³/mol. The van der Waals surface area contributed by atoms with Gasteiger partial charge in [0, 0.05) is 24.7 Å². The zero-order valence-corrected chi connectivity index (χ0v) is 22.1. The highest BCUT2D eigenvalue weighted by molar-refractivity contribution is 7.91. The van der Waals surface area contributed by atoms with Crippen molar-refractivity contribution >= 4 is 53.5 Å². The Labute approximate surface area is 217 Å². The molecule has 37 heavy (non-hydrogen) atoms. The Morgan fingerprint density at radius 1 is 1.05 bits per heavy atom. The molecule has 13 heteroatoms. The number of aliphatic hydroxyl groups is 1. The second-order valence-electron chi connectivity index (χ2n) is 8.91. The van der Waals surface area contributed by atoms with Crippen molar-refractivity contribution in [2.45, 2.75) is 34.6 Å². The molecule has 1 aliphatic rings. The van der Waals surface area contributed by atoms with Gasteiger partial charge < -0.3 is 9.67 Å². The van der Waals surface area contributed by atoms with Gasteiger partial charge in [0.15, 0.2) is 5.65 Å². The summed E-state index contributed by atoms with van der Waals surface area (Å²) >= 11 is 1.17. The fourth-order valence-corrected chi connectivity index (χ4v) is 8.87. The van der Waals surface area contributed by atoms with Crippen LogP contribution in [0.5, 0.6) is 0 Å². The highest BCUT2D eigenvalue weighted by Gasteiger charge is 2.36. The Kier molecular flexibility index (Phi) is 5.73. The lowest BCUT2D eigenvalue weighted by Gasteiger charge is -2.19. The quantitative estimate of drug-likeness (QED) is 0.339. The van der Waals surface area contributed by atoms with Crippen LogP contribution >= 0.6 is 11.3 Å². The molecular formula is C24H23N5O5S3. The van der Waals surface area contributed by atoms with Gasteiger partial charge in [-0.1, -0.05) is 24.3 Å². The number of sulfonamides is 1. The molecule has 5 heterocycles. The Morgan fingerprint density at radius 2 is 1.84 bits per heavy atom. The zero-order chi connectivity index (χ0) is 25.9. The smallest absolute Gasteiger partial charge is 0.269 e. The summed E-state index contributed by atoms with van der Waals surface area (Å²) < 4.78 is 57.7. The number of imidazole rings is 1.